The maximum Gasteiger partial charge on any atom is 0.275 e. The standard InChI is InChI=1S/C19H25N7OS/c1-12(2)18-20-13(3)9-15(22-18)25-7-5-24(6-8-25)11-16-23-26-17(27)10-14(4)21-19(26)28-16/h9-10,12H,5-8,11H2,1-4H3. The first-order valence-corrected chi connectivity index (χ1v) is 10.4. The third-order valence-corrected chi connectivity index (χ3v) is 5.74. The van der Waals surface area contributed by atoms with Gasteiger partial charge in [0, 0.05) is 55.6 Å². The minimum atomic E-state index is -0.116. The Kier molecular flexibility index (Phi) is 5.11. The summed E-state index contributed by atoms with van der Waals surface area (Å²) in [6.45, 7) is 12.5. The largest absolute Gasteiger partial charge is 0.354 e. The van der Waals surface area contributed by atoms with E-state index >= 15 is 0 Å². The summed E-state index contributed by atoms with van der Waals surface area (Å²) in [5.74, 6) is 2.24. The zero-order valence-electron chi connectivity index (χ0n) is 16.7. The summed E-state index contributed by atoms with van der Waals surface area (Å²) in [5, 5.41) is 5.37. The van der Waals surface area contributed by atoms with Crippen LogP contribution in [0.2, 0.25) is 0 Å². The molecular formula is C19H25N7OS. The molecule has 8 nitrogen and oxygen atoms in total. The molecule has 1 aliphatic heterocycles. The normalized spacial score (nSPS) is 15.7. The molecule has 28 heavy (non-hydrogen) atoms. The van der Waals surface area contributed by atoms with Gasteiger partial charge in [-0.2, -0.15) is 9.61 Å². The molecule has 148 valence electrons. The smallest absolute Gasteiger partial charge is 0.275 e. The second-order valence-corrected chi connectivity index (χ2v) is 8.61. The average Bonchev–Trinajstić information content (AvgIpc) is 3.04. The van der Waals surface area contributed by atoms with Crippen LogP contribution in [0.3, 0.4) is 0 Å². The Morgan fingerprint density at radius 2 is 1.75 bits per heavy atom. The molecule has 0 atom stereocenters. The third-order valence-electron chi connectivity index (χ3n) is 4.84. The number of anilines is 1. The van der Waals surface area contributed by atoms with Crippen LogP contribution in [0, 0.1) is 13.8 Å². The van der Waals surface area contributed by atoms with Gasteiger partial charge in [-0.05, 0) is 13.8 Å². The van der Waals surface area contributed by atoms with Gasteiger partial charge in [-0.25, -0.2) is 15.0 Å². The predicted octanol–water partition coefficient (Wildman–Crippen LogP) is 2.00. The number of piperazine rings is 1. The zero-order chi connectivity index (χ0) is 19.8. The highest BCUT2D eigenvalue weighted by Crippen LogP contribution is 2.20. The lowest BCUT2D eigenvalue weighted by atomic mass is 10.2. The first-order valence-electron chi connectivity index (χ1n) is 9.58. The van der Waals surface area contributed by atoms with Crippen molar-refractivity contribution < 1.29 is 0 Å². The van der Waals surface area contributed by atoms with E-state index in [1.54, 1.807) is 0 Å². The van der Waals surface area contributed by atoms with E-state index in [-0.39, 0.29) is 5.56 Å². The van der Waals surface area contributed by atoms with Crippen molar-refractivity contribution in [1.82, 2.24) is 29.5 Å². The fourth-order valence-corrected chi connectivity index (χ4v) is 4.33. The van der Waals surface area contributed by atoms with Gasteiger partial charge in [0.1, 0.15) is 16.6 Å². The van der Waals surface area contributed by atoms with Crippen molar-refractivity contribution in [2.24, 2.45) is 0 Å². The molecule has 0 spiro atoms. The number of hydrogen-bond donors (Lipinski definition) is 0. The van der Waals surface area contributed by atoms with E-state index < -0.39 is 0 Å². The number of hydrogen-bond acceptors (Lipinski definition) is 8. The Morgan fingerprint density at radius 3 is 2.46 bits per heavy atom. The number of fused-ring (bicyclic) bond motifs is 1. The van der Waals surface area contributed by atoms with Crippen molar-refractivity contribution in [1.29, 1.82) is 0 Å². The Labute approximate surface area is 167 Å². The van der Waals surface area contributed by atoms with Gasteiger partial charge < -0.3 is 4.90 Å². The quantitative estimate of drug-likeness (QED) is 0.664. The topological polar surface area (TPSA) is 79.5 Å². The fourth-order valence-electron chi connectivity index (χ4n) is 3.34. The van der Waals surface area contributed by atoms with Crippen LogP contribution in [0.4, 0.5) is 5.82 Å². The number of aryl methyl sites for hydroxylation is 2. The Bertz CT molecular complexity index is 1050. The maximum absolute atomic E-state index is 12.0. The molecule has 0 N–H and O–H groups in total. The molecule has 1 aliphatic rings. The molecule has 1 saturated heterocycles. The molecule has 0 radical (unpaired) electrons. The zero-order valence-corrected chi connectivity index (χ0v) is 17.5. The monoisotopic (exact) mass is 399 g/mol. The van der Waals surface area contributed by atoms with E-state index in [2.05, 4.69) is 44.8 Å². The van der Waals surface area contributed by atoms with Gasteiger partial charge in [0.25, 0.3) is 5.56 Å². The molecule has 0 aliphatic carbocycles. The molecule has 0 amide bonds. The van der Waals surface area contributed by atoms with Crippen LogP contribution in [0.25, 0.3) is 4.96 Å². The Balaban J connectivity index is 1.43. The molecule has 4 heterocycles. The summed E-state index contributed by atoms with van der Waals surface area (Å²) in [7, 11) is 0. The summed E-state index contributed by atoms with van der Waals surface area (Å²) in [6.07, 6.45) is 0. The van der Waals surface area contributed by atoms with Crippen LogP contribution >= 0.6 is 11.3 Å². The van der Waals surface area contributed by atoms with Crippen LogP contribution in [0.5, 0.6) is 0 Å². The molecule has 0 bridgehead atoms. The van der Waals surface area contributed by atoms with Crippen molar-refractivity contribution in [2.45, 2.75) is 40.2 Å². The van der Waals surface area contributed by atoms with E-state index in [4.69, 9.17) is 4.98 Å². The first kappa shape index (κ1) is 18.9. The van der Waals surface area contributed by atoms with Crippen LogP contribution in [-0.2, 0) is 6.54 Å². The molecule has 0 saturated carbocycles. The summed E-state index contributed by atoms with van der Waals surface area (Å²) < 4.78 is 1.40. The van der Waals surface area contributed by atoms with Crippen LogP contribution in [-0.4, -0.2) is 55.6 Å². The number of aromatic nitrogens is 5. The summed E-state index contributed by atoms with van der Waals surface area (Å²) >= 11 is 1.49. The van der Waals surface area contributed by atoms with E-state index in [1.807, 2.05) is 13.8 Å². The van der Waals surface area contributed by atoms with Crippen molar-refractivity contribution in [3.8, 4) is 0 Å². The molecule has 1 fully saturated rings. The van der Waals surface area contributed by atoms with E-state index in [0.29, 0.717) is 10.9 Å². The number of rotatable bonds is 4. The average molecular weight is 400 g/mol. The second kappa shape index (κ2) is 7.56. The molecular weight excluding hydrogens is 374 g/mol. The highest BCUT2D eigenvalue weighted by molar-refractivity contribution is 7.16. The molecule has 4 rings (SSSR count). The third kappa shape index (κ3) is 3.90. The molecule has 3 aromatic heterocycles. The van der Waals surface area contributed by atoms with Crippen molar-refractivity contribution >= 4 is 22.1 Å². The van der Waals surface area contributed by atoms with Crippen LogP contribution in [0.15, 0.2) is 16.9 Å². The SMILES string of the molecule is Cc1cc(N2CCN(Cc3nn4c(=O)cc(C)nc4s3)CC2)nc(C(C)C)n1. The predicted molar refractivity (Wildman–Crippen MR) is 110 cm³/mol. The van der Waals surface area contributed by atoms with E-state index in [0.717, 1.165) is 60.8 Å². The van der Waals surface area contributed by atoms with Gasteiger partial charge in [0.2, 0.25) is 4.96 Å². The highest BCUT2D eigenvalue weighted by atomic mass is 32.1. The highest BCUT2D eigenvalue weighted by Gasteiger charge is 2.21. The molecule has 0 unspecified atom stereocenters. The van der Waals surface area contributed by atoms with Gasteiger partial charge in [0.05, 0.1) is 6.54 Å². The van der Waals surface area contributed by atoms with Crippen LogP contribution < -0.4 is 10.5 Å². The molecule has 9 heteroatoms. The Hall–Kier alpha value is -2.39. The summed E-state index contributed by atoms with van der Waals surface area (Å²) in [6, 6.07) is 3.58. The minimum Gasteiger partial charge on any atom is -0.354 e. The van der Waals surface area contributed by atoms with Gasteiger partial charge in [-0.1, -0.05) is 25.2 Å². The number of nitrogens with zero attached hydrogens (tertiary/aromatic N) is 7. The second-order valence-electron chi connectivity index (χ2n) is 7.57. The lowest BCUT2D eigenvalue weighted by Crippen LogP contribution is -2.46. The summed E-state index contributed by atoms with van der Waals surface area (Å²) in [5.41, 5.74) is 1.63. The van der Waals surface area contributed by atoms with Crippen molar-refractivity contribution in [3.05, 3.63) is 44.7 Å². The molecule has 0 aromatic carbocycles. The lowest BCUT2D eigenvalue weighted by molar-refractivity contribution is 0.248. The summed E-state index contributed by atoms with van der Waals surface area (Å²) in [4.78, 5) is 31.1. The first-order chi connectivity index (χ1) is 13.4. The van der Waals surface area contributed by atoms with Gasteiger partial charge >= 0.3 is 0 Å². The maximum atomic E-state index is 12.0. The van der Waals surface area contributed by atoms with Crippen LogP contribution in [0.1, 0.15) is 42.0 Å². The Morgan fingerprint density at radius 1 is 1.04 bits per heavy atom. The van der Waals surface area contributed by atoms with Crippen molar-refractivity contribution in [3.63, 3.8) is 0 Å². The fraction of sp³-hybridized carbons (Fsp3) is 0.526. The van der Waals surface area contributed by atoms with Crippen molar-refractivity contribution in [2.75, 3.05) is 31.1 Å². The lowest BCUT2D eigenvalue weighted by Gasteiger charge is -2.35. The van der Waals surface area contributed by atoms with E-state index in [9.17, 15) is 4.79 Å². The molecule has 3 aromatic rings. The van der Waals surface area contributed by atoms with Gasteiger partial charge in [-0.3, -0.25) is 9.69 Å². The minimum absolute atomic E-state index is 0.116. The van der Waals surface area contributed by atoms with E-state index in [1.165, 1.54) is 21.9 Å². The van der Waals surface area contributed by atoms with Gasteiger partial charge in [-0.15, -0.1) is 0 Å². The van der Waals surface area contributed by atoms with Gasteiger partial charge in [0.15, 0.2) is 0 Å².